The van der Waals surface area contributed by atoms with Gasteiger partial charge in [0.2, 0.25) is 5.88 Å². The molecular weight excluding hydrogens is 214 g/mol. The van der Waals surface area contributed by atoms with Crippen molar-refractivity contribution in [2.24, 2.45) is 0 Å². The molecule has 0 aliphatic rings. The van der Waals surface area contributed by atoms with Gasteiger partial charge < -0.3 is 10.1 Å². The third kappa shape index (κ3) is 2.81. The third-order valence-corrected chi connectivity index (χ3v) is 2.28. The van der Waals surface area contributed by atoms with Gasteiger partial charge in [-0.2, -0.15) is 0 Å². The van der Waals surface area contributed by atoms with Gasteiger partial charge in [0, 0.05) is 23.5 Å². The van der Waals surface area contributed by atoms with E-state index >= 15 is 0 Å². The molecule has 0 fully saturated rings. The summed E-state index contributed by atoms with van der Waals surface area (Å²) in [6.07, 6.45) is 1.61. The van der Waals surface area contributed by atoms with Crippen LogP contribution in [-0.4, -0.2) is 17.9 Å². The number of rotatable bonds is 3. The van der Waals surface area contributed by atoms with Gasteiger partial charge in [-0.05, 0) is 18.2 Å². The molecule has 2 aromatic rings. The van der Waals surface area contributed by atoms with Gasteiger partial charge in [0.15, 0.2) is 0 Å². The number of benzene rings is 1. The Hall–Kier alpha value is -2.36. The molecule has 1 aromatic carbocycles. The molecule has 1 heterocycles. The summed E-state index contributed by atoms with van der Waals surface area (Å²) in [6.45, 7) is 0. The third-order valence-electron chi connectivity index (χ3n) is 2.28. The molecule has 0 spiro atoms. The molecular formula is C13H13N3O. The van der Waals surface area contributed by atoms with Crippen molar-refractivity contribution in [3.63, 3.8) is 0 Å². The fourth-order valence-corrected chi connectivity index (χ4v) is 1.39. The fourth-order valence-electron chi connectivity index (χ4n) is 1.39. The molecule has 0 bridgehead atoms. The summed E-state index contributed by atoms with van der Waals surface area (Å²) in [7, 11) is 1.57. The summed E-state index contributed by atoms with van der Waals surface area (Å²) >= 11 is 0. The van der Waals surface area contributed by atoms with E-state index in [1.54, 1.807) is 25.4 Å². The van der Waals surface area contributed by atoms with Crippen molar-refractivity contribution in [3.05, 3.63) is 54.2 Å². The van der Waals surface area contributed by atoms with E-state index in [2.05, 4.69) is 10.3 Å². The van der Waals surface area contributed by atoms with E-state index in [0.717, 1.165) is 11.3 Å². The van der Waals surface area contributed by atoms with Crippen LogP contribution in [0.4, 0.5) is 5.69 Å². The lowest BCUT2D eigenvalue weighted by molar-refractivity contribution is 0.398. The molecule has 0 aliphatic carbocycles. The van der Waals surface area contributed by atoms with Crippen LogP contribution < -0.4 is 10.1 Å². The van der Waals surface area contributed by atoms with Gasteiger partial charge in [-0.25, -0.2) is 4.98 Å². The largest absolute Gasteiger partial charge is 0.481 e. The number of hydrogen-bond donors (Lipinski definition) is 2. The lowest BCUT2D eigenvalue weighted by atomic mass is 10.2. The summed E-state index contributed by atoms with van der Waals surface area (Å²) in [6, 6.07) is 13.1. The smallest absolute Gasteiger partial charge is 0.212 e. The van der Waals surface area contributed by atoms with Crippen LogP contribution in [0.15, 0.2) is 48.7 Å². The number of aromatic nitrogens is 1. The molecule has 86 valence electrons. The summed E-state index contributed by atoms with van der Waals surface area (Å²) in [5.74, 6) is 0.854. The van der Waals surface area contributed by atoms with E-state index in [1.807, 2.05) is 30.3 Å². The number of methoxy groups -OCH3 is 1. The Morgan fingerprint density at radius 3 is 2.53 bits per heavy atom. The van der Waals surface area contributed by atoms with Gasteiger partial charge in [-0.1, -0.05) is 18.2 Å². The van der Waals surface area contributed by atoms with E-state index in [4.69, 9.17) is 10.1 Å². The number of anilines is 1. The SMILES string of the molecule is COc1ccc(C(=N)Nc2ccccc2)cn1. The van der Waals surface area contributed by atoms with E-state index < -0.39 is 0 Å². The standard InChI is InChI=1S/C13H13N3O/c1-17-12-8-7-10(9-15-12)13(14)16-11-5-3-2-4-6-11/h2-9H,1H3,(H2,14,16). The topological polar surface area (TPSA) is 58.0 Å². The van der Waals surface area contributed by atoms with E-state index in [0.29, 0.717) is 11.7 Å². The molecule has 2 rings (SSSR count). The van der Waals surface area contributed by atoms with Crippen LogP contribution in [0.2, 0.25) is 0 Å². The predicted molar refractivity (Wildman–Crippen MR) is 67.7 cm³/mol. The highest BCUT2D eigenvalue weighted by molar-refractivity contribution is 6.05. The molecule has 17 heavy (non-hydrogen) atoms. The monoisotopic (exact) mass is 227 g/mol. The molecule has 2 N–H and O–H groups in total. The number of ether oxygens (including phenoxy) is 1. The van der Waals surface area contributed by atoms with Gasteiger partial charge >= 0.3 is 0 Å². The quantitative estimate of drug-likeness (QED) is 0.625. The molecule has 0 aliphatic heterocycles. The van der Waals surface area contributed by atoms with Crippen molar-refractivity contribution < 1.29 is 4.74 Å². The Bertz CT molecular complexity index is 494. The van der Waals surface area contributed by atoms with Crippen molar-refractivity contribution >= 4 is 11.5 Å². The molecule has 0 radical (unpaired) electrons. The number of nitrogens with zero attached hydrogens (tertiary/aromatic N) is 1. The Kier molecular flexibility index (Phi) is 3.35. The second-order valence-electron chi connectivity index (χ2n) is 3.46. The molecule has 0 atom stereocenters. The normalized spacial score (nSPS) is 9.71. The molecule has 4 nitrogen and oxygen atoms in total. The highest BCUT2D eigenvalue weighted by Gasteiger charge is 2.02. The number of hydrogen-bond acceptors (Lipinski definition) is 3. The van der Waals surface area contributed by atoms with Crippen LogP contribution in [0.25, 0.3) is 0 Å². The molecule has 1 aromatic heterocycles. The first kappa shape index (κ1) is 11.1. The first-order chi connectivity index (χ1) is 8.29. The number of nitrogens with one attached hydrogen (secondary N) is 2. The maximum atomic E-state index is 7.90. The fraction of sp³-hybridized carbons (Fsp3) is 0.0769. The van der Waals surface area contributed by atoms with Crippen LogP contribution in [0.3, 0.4) is 0 Å². The average Bonchev–Trinajstić information content (AvgIpc) is 2.40. The van der Waals surface area contributed by atoms with Crippen LogP contribution in [0.5, 0.6) is 5.88 Å². The first-order valence-corrected chi connectivity index (χ1v) is 5.20. The van der Waals surface area contributed by atoms with Crippen molar-refractivity contribution in [1.82, 2.24) is 4.98 Å². The summed E-state index contributed by atoms with van der Waals surface area (Å²) in [5.41, 5.74) is 1.60. The molecule has 0 saturated heterocycles. The van der Waals surface area contributed by atoms with Crippen molar-refractivity contribution in [1.29, 1.82) is 5.41 Å². The Labute approximate surface area is 99.8 Å². The maximum Gasteiger partial charge on any atom is 0.212 e. The molecule has 0 saturated carbocycles. The van der Waals surface area contributed by atoms with Gasteiger partial charge in [-0.3, -0.25) is 5.41 Å². The lowest BCUT2D eigenvalue weighted by Gasteiger charge is -2.07. The zero-order valence-corrected chi connectivity index (χ0v) is 9.47. The Morgan fingerprint density at radius 2 is 1.94 bits per heavy atom. The van der Waals surface area contributed by atoms with Crippen LogP contribution in [-0.2, 0) is 0 Å². The first-order valence-electron chi connectivity index (χ1n) is 5.20. The molecule has 4 heteroatoms. The molecule has 0 amide bonds. The highest BCUT2D eigenvalue weighted by Crippen LogP contribution is 2.10. The van der Waals surface area contributed by atoms with Gasteiger partial charge in [0.05, 0.1) is 7.11 Å². The zero-order chi connectivity index (χ0) is 12.1. The molecule has 0 unspecified atom stereocenters. The summed E-state index contributed by atoms with van der Waals surface area (Å²) in [4.78, 5) is 4.06. The van der Waals surface area contributed by atoms with Crippen molar-refractivity contribution in [2.45, 2.75) is 0 Å². The number of pyridine rings is 1. The van der Waals surface area contributed by atoms with Gasteiger partial charge in [0.1, 0.15) is 5.84 Å². The average molecular weight is 227 g/mol. The van der Waals surface area contributed by atoms with E-state index in [-0.39, 0.29) is 0 Å². The maximum absolute atomic E-state index is 7.90. The minimum atomic E-state index is 0.311. The second kappa shape index (κ2) is 5.12. The van der Waals surface area contributed by atoms with Crippen LogP contribution in [0.1, 0.15) is 5.56 Å². The lowest BCUT2D eigenvalue weighted by Crippen LogP contribution is -2.12. The highest BCUT2D eigenvalue weighted by atomic mass is 16.5. The number of amidine groups is 1. The van der Waals surface area contributed by atoms with Crippen molar-refractivity contribution in [3.8, 4) is 5.88 Å². The van der Waals surface area contributed by atoms with Crippen LogP contribution >= 0.6 is 0 Å². The van der Waals surface area contributed by atoms with E-state index in [1.165, 1.54) is 0 Å². The number of para-hydroxylation sites is 1. The zero-order valence-electron chi connectivity index (χ0n) is 9.47. The summed E-state index contributed by atoms with van der Waals surface area (Å²) in [5, 5.41) is 10.9. The second-order valence-corrected chi connectivity index (χ2v) is 3.46. The minimum absolute atomic E-state index is 0.311. The van der Waals surface area contributed by atoms with Gasteiger partial charge in [-0.15, -0.1) is 0 Å². The summed E-state index contributed by atoms with van der Waals surface area (Å²) < 4.78 is 4.97. The minimum Gasteiger partial charge on any atom is -0.481 e. The Balaban J connectivity index is 2.09. The van der Waals surface area contributed by atoms with E-state index in [9.17, 15) is 0 Å². The van der Waals surface area contributed by atoms with Gasteiger partial charge in [0.25, 0.3) is 0 Å². The van der Waals surface area contributed by atoms with Crippen LogP contribution in [0, 0.1) is 5.41 Å². The Morgan fingerprint density at radius 1 is 1.18 bits per heavy atom. The predicted octanol–water partition coefficient (Wildman–Crippen LogP) is 2.53. The van der Waals surface area contributed by atoms with Crippen molar-refractivity contribution in [2.75, 3.05) is 12.4 Å².